The number of amides is 1. The summed E-state index contributed by atoms with van der Waals surface area (Å²) in [6, 6.07) is 16.5. The summed E-state index contributed by atoms with van der Waals surface area (Å²) in [5.41, 5.74) is 3.35. The molecule has 7 heteroatoms. The molecule has 0 saturated carbocycles. The molecule has 5 rings (SSSR count). The molecule has 39 heavy (non-hydrogen) atoms. The van der Waals surface area contributed by atoms with E-state index < -0.39 is 6.04 Å². The molecule has 1 aliphatic heterocycles. The molecule has 7 nitrogen and oxygen atoms in total. The molecule has 2 heterocycles. The van der Waals surface area contributed by atoms with Gasteiger partial charge in [0.1, 0.15) is 18.1 Å². The molecule has 1 aliphatic carbocycles. The number of ether oxygens (including phenoxy) is 1. The molecule has 1 fully saturated rings. The fraction of sp³-hybridized carbons (Fsp3) is 0.250. The Bertz CT molecular complexity index is 1430. The van der Waals surface area contributed by atoms with Gasteiger partial charge in [0.05, 0.1) is 12.2 Å². The summed E-state index contributed by atoms with van der Waals surface area (Å²) in [4.78, 5) is 27.4. The fourth-order valence-corrected chi connectivity index (χ4v) is 4.67. The maximum absolute atomic E-state index is 13.0. The third-order valence-corrected chi connectivity index (χ3v) is 6.66. The summed E-state index contributed by atoms with van der Waals surface area (Å²) in [5.74, 6) is 0.969. The number of benzene rings is 2. The monoisotopic (exact) mass is 520 g/mol. The largest absolute Gasteiger partial charge is 0.487 e. The molecular formula is C32H32N4O3. The van der Waals surface area contributed by atoms with Gasteiger partial charge in [0.2, 0.25) is 0 Å². The van der Waals surface area contributed by atoms with E-state index in [4.69, 9.17) is 4.74 Å². The molecule has 1 amide bonds. The number of β-lactam (4-membered cyclic amide) rings is 1. The summed E-state index contributed by atoms with van der Waals surface area (Å²) in [6.07, 6.45) is 16.3. The smallest absolute Gasteiger partial charge is 0.250 e. The van der Waals surface area contributed by atoms with E-state index in [2.05, 4.69) is 42.4 Å². The van der Waals surface area contributed by atoms with Crippen molar-refractivity contribution in [3.63, 3.8) is 0 Å². The zero-order valence-corrected chi connectivity index (χ0v) is 22.2. The lowest BCUT2D eigenvalue weighted by Gasteiger charge is -2.46. The summed E-state index contributed by atoms with van der Waals surface area (Å²) in [6.45, 7) is 5.10. The zero-order chi connectivity index (χ0) is 27.2. The molecular weight excluding hydrogens is 488 g/mol. The summed E-state index contributed by atoms with van der Waals surface area (Å²) in [5, 5.41) is 8.49. The van der Waals surface area contributed by atoms with Gasteiger partial charge < -0.3 is 9.64 Å². The second-order valence-corrected chi connectivity index (χ2v) is 10.1. The van der Waals surface area contributed by atoms with Crippen LogP contribution in [0.5, 0.6) is 5.75 Å². The van der Waals surface area contributed by atoms with Crippen molar-refractivity contribution in [2.24, 2.45) is 5.92 Å². The van der Waals surface area contributed by atoms with Crippen molar-refractivity contribution >= 4 is 17.8 Å². The van der Waals surface area contributed by atoms with Gasteiger partial charge in [-0.05, 0) is 53.8 Å². The normalized spacial score (nSPS) is 18.8. The van der Waals surface area contributed by atoms with Crippen LogP contribution in [-0.4, -0.2) is 44.2 Å². The topological polar surface area (TPSA) is 77.3 Å². The molecule has 2 atom stereocenters. The first-order valence-electron chi connectivity index (χ1n) is 13.2. The fourth-order valence-electron chi connectivity index (χ4n) is 4.67. The maximum Gasteiger partial charge on any atom is 0.250 e. The van der Waals surface area contributed by atoms with Crippen molar-refractivity contribution in [3.05, 3.63) is 120 Å². The Balaban J connectivity index is 1.21. The molecule has 2 aromatic carbocycles. The van der Waals surface area contributed by atoms with Gasteiger partial charge in [-0.1, -0.05) is 85.8 Å². The number of carbonyl (C=O) groups excluding carboxylic acids is 2. The van der Waals surface area contributed by atoms with Crippen molar-refractivity contribution in [2.75, 3.05) is 6.54 Å². The Labute approximate surface area is 228 Å². The van der Waals surface area contributed by atoms with Crippen LogP contribution in [0.2, 0.25) is 0 Å². The molecule has 1 saturated heterocycles. The number of likely N-dealkylation sites (tertiary alicyclic amines) is 1. The van der Waals surface area contributed by atoms with Crippen LogP contribution in [0.1, 0.15) is 47.9 Å². The van der Waals surface area contributed by atoms with E-state index in [1.54, 1.807) is 41.2 Å². The molecule has 0 N–H and O–H groups in total. The van der Waals surface area contributed by atoms with Crippen molar-refractivity contribution in [2.45, 2.75) is 39.0 Å². The van der Waals surface area contributed by atoms with Crippen LogP contribution in [0.25, 0.3) is 6.08 Å². The highest BCUT2D eigenvalue weighted by atomic mass is 16.5. The van der Waals surface area contributed by atoms with Crippen LogP contribution in [0.4, 0.5) is 0 Å². The van der Waals surface area contributed by atoms with E-state index in [1.807, 2.05) is 53.5 Å². The number of aromatic nitrogens is 3. The van der Waals surface area contributed by atoms with Crippen LogP contribution in [0, 0.1) is 5.92 Å². The molecule has 198 valence electrons. The highest BCUT2D eigenvalue weighted by Crippen LogP contribution is 2.33. The highest BCUT2D eigenvalue weighted by molar-refractivity contribution is 6.04. The van der Waals surface area contributed by atoms with E-state index in [-0.39, 0.29) is 24.3 Å². The quantitative estimate of drug-likeness (QED) is 0.187. The first-order chi connectivity index (χ1) is 19.0. The molecule has 0 bridgehead atoms. The number of ketones is 1. The molecule has 2 aliphatic rings. The van der Waals surface area contributed by atoms with Crippen molar-refractivity contribution < 1.29 is 14.3 Å². The minimum atomic E-state index is -0.432. The second-order valence-electron chi connectivity index (χ2n) is 10.1. The molecule has 0 radical (unpaired) electrons. The lowest BCUT2D eigenvalue weighted by molar-refractivity contribution is -0.152. The first kappa shape index (κ1) is 26.1. The van der Waals surface area contributed by atoms with E-state index in [0.29, 0.717) is 29.5 Å². The van der Waals surface area contributed by atoms with Gasteiger partial charge in [0, 0.05) is 12.1 Å². The number of hydrogen-bond donors (Lipinski definition) is 0. The van der Waals surface area contributed by atoms with Crippen molar-refractivity contribution in [3.8, 4) is 5.75 Å². The summed E-state index contributed by atoms with van der Waals surface area (Å²) < 4.78 is 7.51. The van der Waals surface area contributed by atoms with Gasteiger partial charge in [-0.3, -0.25) is 9.59 Å². The first-order valence-corrected chi connectivity index (χ1v) is 13.2. The zero-order valence-electron chi connectivity index (χ0n) is 22.2. The van der Waals surface area contributed by atoms with Crippen molar-refractivity contribution in [1.82, 2.24) is 19.9 Å². The van der Waals surface area contributed by atoms with Crippen LogP contribution in [0.3, 0.4) is 0 Å². The highest BCUT2D eigenvalue weighted by Gasteiger charge is 2.47. The number of allylic oxidation sites excluding steroid dienone is 6. The predicted molar refractivity (Wildman–Crippen MR) is 151 cm³/mol. The van der Waals surface area contributed by atoms with Gasteiger partial charge in [-0.25, -0.2) is 4.68 Å². The lowest BCUT2D eigenvalue weighted by Crippen LogP contribution is -2.61. The van der Waals surface area contributed by atoms with E-state index in [0.717, 1.165) is 17.6 Å². The molecule has 0 spiro atoms. The summed E-state index contributed by atoms with van der Waals surface area (Å²) in [7, 11) is 0. The third-order valence-electron chi connectivity index (χ3n) is 6.66. The van der Waals surface area contributed by atoms with Gasteiger partial charge in [0.15, 0.2) is 11.8 Å². The average molecular weight is 521 g/mol. The minimum Gasteiger partial charge on any atom is -0.487 e. The summed E-state index contributed by atoms with van der Waals surface area (Å²) >= 11 is 0. The number of hydrogen-bond acceptors (Lipinski definition) is 5. The SMILES string of the molecule is CC(C)CN1C(=O)C(n2cc(COc3ccc(C(=O)/C=C/C4=CCC=C4)cc3)nn2)[C@H]1/C=C/c1ccccc1. The molecule has 1 aromatic heterocycles. The van der Waals surface area contributed by atoms with Crippen LogP contribution in [-0.2, 0) is 11.4 Å². The third kappa shape index (κ3) is 6.32. The van der Waals surface area contributed by atoms with E-state index in [1.165, 1.54) is 0 Å². The average Bonchev–Trinajstić information content (AvgIpc) is 3.64. The van der Waals surface area contributed by atoms with Gasteiger partial charge in [-0.2, -0.15) is 0 Å². The Morgan fingerprint density at radius 3 is 2.62 bits per heavy atom. The van der Waals surface area contributed by atoms with Crippen LogP contribution < -0.4 is 4.74 Å². The lowest BCUT2D eigenvalue weighted by atomic mass is 9.92. The maximum atomic E-state index is 13.0. The molecule has 1 unspecified atom stereocenters. The second kappa shape index (κ2) is 11.9. The van der Waals surface area contributed by atoms with Gasteiger partial charge in [-0.15, -0.1) is 5.10 Å². The van der Waals surface area contributed by atoms with E-state index >= 15 is 0 Å². The minimum absolute atomic E-state index is 0.0401. The number of nitrogens with zero attached hydrogens (tertiary/aromatic N) is 4. The standard InChI is InChI=1S/C32H32N4O3/c1-23(2)20-35-29(18-12-24-8-4-3-5-9-24)31(32(35)38)36-21-27(33-34-36)22-39-28-16-14-26(15-17-28)30(37)19-13-25-10-6-7-11-25/h3-6,8-19,21,23,29,31H,7,20,22H2,1-2H3/b18-12+,19-13+/t29-,31?/m1/s1. The van der Waals surface area contributed by atoms with Gasteiger partial charge in [0.25, 0.3) is 5.91 Å². The Hall–Kier alpha value is -4.52. The Morgan fingerprint density at radius 1 is 1.10 bits per heavy atom. The number of rotatable bonds is 11. The van der Waals surface area contributed by atoms with Crippen molar-refractivity contribution in [1.29, 1.82) is 0 Å². The van der Waals surface area contributed by atoms with Gasteiger partial charge >= 0.3 is 0 Å². The van der Waals surface area contributed by atoms with E-state index in [9.17, 15) is 9.59 Å². The predicted octanol–water partition coefficient (Wildman–Crippen LogP) is 5.60. The van der Waals surface area contributed by atoms with Crippen LogP contribution in [0.15, 0.2) is 103 Å². The Morgan fingerprint density at radius 2 is 1.90 bits per heavy atom. The number of carbonyl (C=O) groups is 2. The Kier molecular flexibility index (Phi) is 7.96. The molecule has 3 aromatic rings. The van der Waals surface area contributed by atoms with Crippen LogP contribution >= 0.6 is 0 Å².